The molecule has 0 saturated heterocycles. The molecule has 0 aromatic heterocycles. The first-order chi connectivity index (χ1) is 16.5. The molecule has 1 unspecified atom stereocenters. The molecule has 9 nitrogen and oxygen atoms in total. The number of aromatic nitrogens is 4. The number of nitrogens with one attached hydrogen (secondary N) is 2. The topological polar surface area (TPSA) is 119 Å². The van der Waals surface area contributed by atoms with Gasteiger partial charge in [-0.25, -0.2) is 14.6 Å². The molecule has 4 rings (SSSR count). The van der Waals surface area contributed by atoms with Crippen LogP contribution in [0.5, 0.6) is 0 Å². The van der Waals surface area contributed by atoms with E-state index in [9.17, 15) is 14.4 Å². The first-order valence-electron chi connectivity index (χ1n) is 11.4. The molecule has 2 heterocycles. The molecule has 2 aromatic rings. The Morgan fingerprint density at radius 1 is 1.09 bits per heavy atom. The minimum Gasteiger partial charge on any atom is -0.447 e. The van der Waals surface area contributed by atoms with Crippen LogP contribution in [0.1, 0.15) is 43.5 Å². The van der Waals surface area contributed by atoms with Crippen molar-refractivity contribution in [1.82, 2.24) is 24.8 Å². The van der Waals surface area contributed by atoms with Gasteiger partial charge in [0.1, 0.15) is 6.61 Å². The first kappa shape index (κ1) is 24.1. The molecule has 2 aromatic carbocycles. The summed E-state index contributed by atoms with van der Waals surface area (Å²) in [5.41, 5.74) is 2.53. The lowest BCUT2D eigenvalue weighted by Crippen LogP contribution is -2.41. The van der Waals surface area contributed by atoms with Crippen LogP contribution in [-0.2, 0) is 11.2 Å². The van der Waals surface area contributed by atoms with Crippen LogP contribution >= 0.6 is 0 Å². The van der Waals surface area contributed by atoms with Crippen LogP contribution in [0.2, 0.25) is 0 Å². The van der Waals surface area contributed by atoms with Crippen LogP contribution in [0.15, 0.2) is 52.1 Å². The summed E-state index contributed by atoms with van der Waals surface area (Å²) < 4.78 is 7.44. The van der Waals surface area contributed by atoms with E-state index >= 15 is 0 Å². The van der Waals surface area contributed by atoms with Crippen LogP contribution in [0.4, 0.5) is 4.79 Å². The molecule has 0 radical (unpaired) electrons. The normalized spacial score (nSPS) is 12.6. The third-order valence-corrected chi connectivity index (χ3v) is 5.73. The Balaban J connectivity index is 1.92. The zero-order valence-electron chi connectivity index (χ0n) is 20.5. The summed E-state index contributed by atoms with van der Waals surface area (Å²) in [6.45, 7) is 9.54. The molecule has 2 aliphatic heterocycles. The maximum Gasteiger partial charge on any atom is 0.407 e. The number of amides is 1. The van der Waals surface area contributed by atoms with E-state index in [0.29, 0.717) is 17.5 Å². The van der Waals surface area contributed by atoms with Gasteiger partial charge >= 0.3 is 11.8 Å². The number of H-pyrrole nitrogens is 1. The Bertz CT molecular complexity index is 1470. The molecule has 2 aliphatic rings. The highest BCUT2D eigenvalue weighted by atomic mass is 16.5. The summed E-state index contributed by atoms with van der Waals surface area (Å²) in [6, 6.07) is 13.1. The molecular formula is C26H29N5O4. The molecule has 182 valence electrons. The molecule has 2 N–H and O–H groups in total. The molecule has 1 amide bonds. The Labute approximate surface area is 202 Å². The smallest absolute Gasteiger partial charge is 0.407 e. The zero-order chi connectivity index (χ0) is 25.3. The number of aryl methyl sites for hydroxylation is 2. The quantitative estimate of drug-likeness (QED) is 0.427. The lowest BCUT2D eigenvalue weighted by Gasteiger charge is -2.27. The van der Waals surface area contributed by atoms with Crippen molar-refractivity contribution in [3.63, 3.8) is 0 Å². The van der Waals surface area contributed by atoms with Gasteiger partial charge in [-0.05, 0) is 69.9 Å². The summed E-state index contributed by atoms with van der Waals surface area (Å²) in [6.07, 6.45) is -0.0841. The van der Waals surface area contributed by atoms with Gasteiger partial charge in [-0.2, -0.15) is 4.98 Å². The highest BCUT2D eigenvalue weighted by Gasteiger charge is 2.26. The molecule has 35 heavy (non-hydrogen) atoms. The monoisotopic (exact) mass is 475 g/mol. The van der Waals surface area contributed by atoms with Crippen LogP contribution < -0.4 is 16.6 Å². The second-order valence-corrected chi connectivity index (χ2v) is 9.77. The molecular weight excluding hydrogens is 446 g/mol. The van der Waals surface area contributed by atoms with E-state index in [0.717, 1.165) is 16.7 Å². The van der Waals surface area contributed by atoms with E-state index in [-0.39, 0.29) is 18.1 Å². The number of nitrogens with zero attached hydrogens (tertiary/aromatic N) is 3. The van der Waals surface area contributed by atoms with Gasteiger partial charge in [-0.3, -0.25) is 9.78 Å². The number of rotatable bonds is 5. The van der Waals surface area contributed by atoms with Crippen LogP contribution in [0.25, 0.3) is 22.6 Å². The van der Waals surface area contributed by atoms with Crippen LogP contribution in [0, 0.1) is 13.8 Å². The third-order valence-electron chi connectivity index (χ3n) is 5.73. The van der Waals surface area contributed by atoms with Crippen molar-refractivity contribution in [3.05, 3.63) is 80.0 Å². The Morgan fingerprint density at radius 2 is 1.77 bits per heavy atom. The number of ether oxygens (including phenoxy) is 1. The Kier molecular flexibility index (Phi) is 6.43. The van der Waals surface area contributed by atoms with Crippen molar-refractivity contribution < 1.29 is 9.53 Å². The van der Waals surface area contributed by atoms with E-state index < -0.39 is 28.9 Å². The minimum absolute atomic E-state index is 0.00865. The second kappa shape index (κ2) is 9.32. The van der Waals surface area contributed by atoms with Gasteiger partial charge in [0.15, 0.2) is 11.5 Å². The highest BCUT2D eigenvalue weighted by Crippen LogP contribution is 2.29. The first-order valence-corrected chi connectivity index (χ1v) is 11.4. The average Bonchev–Trinajstić information content (AvgIpc) is 2.76. The Morgan fingerprint density at radius 3 is 2.46 bits per heavy atom. The van der Waals surface area contributed by atoms with Crippen LogP contribution in [-0.4, -0.2) is 37.8 Å². The number of aromatic amines is 1. The highest BCUT2D eigenvalue weighted by molar-refractivity contribution is 5.81. The van der Waals surface area contributed by atoms with Crippen molar-refractivity contribution in [1.29, 1.82) is 0 Å². The maximum atomic E-state index is 12.7. The average molecular weight is 476 g/mol. The fraction of sp³-hybridized carbons (Fsp3) is 0.346. The summed E-state index contributed by atoms with van der Waals surface area (Å²) >= 11 is 0. The minimum atomic E-state index is -0.758. The summed E-state index contributed by atoms with van der Waals surface area (Å²) in [5, 5.41) is 2.80. The number of hydrogen-bond donors (Lipinski definition) is 2. The molecule has 0 fully saturated rings. The lowest BCUT2D eigenvalue weighted by molar-refractivity contribution is 0.121. The van der Waals surface area contributed by atoms with E-state index in [4.69, 9.17) is 4.74 Å². The van der Waals surface area contributed by atoms with Gasteiger partial charge < -0.3 is 14.6 Å². The Hall–Kier alpha value is -4.01. The molecule has 0 bridgehead atoms. The van der Waals surface area contributed by atoms with Gasteiger partial charge in [0, 0.05) is 5.54 Å². The van der Waals surface area contributed by atoms with Crippen molar-refractivity contribution in [2.75, 3.05) is 6.61 Å². The number of benzene rings is 2. The van der Waals surface area contributed by atoms with E-state index in [1.807, 2.05) is 77.1 Å². The number of carbonyl (C=O) groups is 1. The van der Waals surface area contributed by atoms with Crippen molar-refractivity contribution >= 4 is 17.1 Å². The van der Waals surface area contributed by atoms with E-state index in [1.54, 1.807) is 4.57 Å². The summed E-state index contributed by atoms with van der Waals surface area (Å²) in [5.74, 6) is 0.148. The van der Waals surface area contributed by atoms with Gasteiger partial charge in [-0.15, -0.1) is 0 Å². The van der Waals surface area contributed by atoms with Gasteiger partial charge in [0.05, 0.1) is 17.1 Å². The fourth-order valence-electron chi connectivity index (χ4n) is 4.00. The zero-order valence-corrected chi connectivity index (χ0v) is 20.5. The van der Waals surface area contributed by atoms with Crippen molar-refractivity contribution in [3.8, 4) is 11.5 Å². The van der Waals surface area contributed by atoms with Crippen molar-refractivity contribution in [2.24, 2.45) is 0 Å². The second-order valence-electron chi connectivity index (χ2n) is 9.77. The summed E-state index contributed by atoms with van der Waals surface area (Å²) in [4.78, 5) is 48.3. The molecule has 0 spiro atoms. The lowest BCUT2D eigenvalue weighted by atomic mass is 10.0. The predicted molar refractivity (Wildman–Crippen MR) is 134 cm³/mol. The molecule has 1 atom stereocenters. The summed E-state index contributed by atoms with van der Waals surface area (Å²) in [7, 11) is 0. The number of carbonyl (C=O) groups excluding carboxylic acids is 1. The maximum absolute atomic E-state index is 12.7. The standard InChI is InChI=1S/C26H29N5O4/c1-15-11-19-20(12-16(15)2)31(22-21(27-19)23(32)29-24(33)28-22)18(13-17-9-7-6-8-10-17)14-35-25(34)30-26(3,4)5/h6-12,18H,13-14H2,1-5H3,(H,30,34)(H,29,32,33). The number of fused-ring (bicyclic) bond motifs is 2. The number of hydrogen-bond acceptors (Lipinski definition) is 6. The number of alkyl carbamates (subject to hydrolysis) is 1. The van der Waals surface area contributed by atoms with E-state index in [1.165, 1.54) is 0 Å². The van der Waals surface area contributed by atoms with Gasteiger partial charge in [-0.1, -0.05) is 30.3 Å². The van der Waals surface area contributed by atoms with E-state index in [2.05, 4.69) is 20.3 Å². The molecule has 0 saturated carbocycles. The van der Waals surface area contributed by atoms with Crippen LogP contribution in [0.3, 0.4) is 0 Å². The fourth-order valence-corrected chi connectivity index (χ4v) is 4.00. The van der Waals surface area contributed by atoms with Gasteiger partial charge in [0.25, 0.3) is 5.56 Å². The van der Waals surface area contributed by atoms with Crippen molar-refractivity contribution in [2.45, 2.75) is 52.6 Å². The largest absolute Gasteiger partial charge is 0.447 e. The SMILES string of the molecule is Cc1cc2nc3c(=O)[nH]c(=O)nc-3n(C(COC(=O)NC(C)(C)C)Cc3ccccc3)c2cc1C. The molecule has 9 heteroatoms. The van der Waals surface area contributed by atoms with Gasteiger partial charge in [0.2, 0.25) is 0 Å². The predicted octanol–water partition coefficient (Wildman–Crippen LogP) is 3.51. The molecule has 0 aliphatic carbocycles. The third kappa shape index (κ3) is 5.40.